The maximum atomic E-state index is 13.6. The van der Waals surface area contributed by atoms with Gasteiger partial charge >= 0.3 is 0 Å². The third-order valence-electron chi connectivity index (χ3n) is 5.14. The summed E-state index contributed by atoms with van der Waals surface area (Å²) >= 11 is 0. The fourth-order valence-electron chi connectivity index (χ4n) is 3.33. The number of amides is 2. The van der Waals surface area contributed by atoms with Gasteiger partial charge in [-0.05, 0) is 48.9 Å². The van der Waals surface area contributed by atoms with E-state index in [0.29, 0.717) is 29.7 Å². The van der Waals surface area contributed by atoms with Gasteiger partial charge in [0.25, 0.3) is 11.8 Å². The van der Waals surface area contributed by atoms with Crippen LogP contribution in [-0.4, -0.2) is 60.9 Å². The molecule has 1 heterocycles. The molecular formula is C22H26FN3O2. The zero-order chi connectivity index (χ0) is 19.9. The van der Waals surface area contributed by atoms with Gasteiger partial charge in [-0.1, -0.05) is 25.1 Å². The van der Waals surface area contributed by atoms with Crippen LogP contribution in [-0.2, 0) is 6.42 Å². The van der Waals surface area contributed by atoms with E-state index in [2.05, 4.69) is 17.1 Å². The fraction of sp³-hybridized carbons (Fsp3) is 0.364. The van der Waals surface area contributed by atoms with E-state index < -0.39 is 0 Å². The van der Waals surface area contributed by atoms with E-state index >= 15 is 0 Å². The highest BCUT2D eigenvalue weighted by atomic mass is 19.1. The summed E-state index contributed by atoms with van der Waals surface area (Å²) in [5.41, 5.74) is 1.65. The minimum absolute atomic E-state index is 0.00210. The molecule has 6 heteroatoms. The van der Waals surface area contributed by atoms with Crippen LogP contribution in [0.25, 0.3) is 0 Å². The Kier molecular flexibility index (Phi) is 6.76. The number of hydrogen-bond acceptors (Lipinski definition) is 3. The molecule has 0 radical (unpaired) electrons. The van der Waals surface area contributed by atoms with Gasteiger partial charge in [0.15, 0.2) is 0 Å². The third kappa shape index (κ3) is 4.95. The van der Waals surface area contributed by atoms with Gasteiger partial charge in [-0.25, -0.2) is 4.39 Å². The molecule has 1 saturated heterocycles. The molecule has 5 nitrogen and oxygen atoms in total. The number of rotatable bonds is 6. The van der Waals surface area contributed by atoms with E-state index in [0.717, 1.165) is 32.7 Å². The molecular weight excluding hydrogens is 357 g/mol. The molecule has 28 heavy (non-hydrogen) atoms. The van der Waals surface area contributed by atoms with Crippen LogP contribution >= 0.6 is 0 Å². The topological polar surface area (TPSA) is 52.7 Å². The van der Waals surface area contributed by atoms with Gasteiger partial charge in [-0.3, -0.25) is 9.59 Å². The second-order valence-electron chi connectivity index (χ2n) is 6.90. The van der Waals surface area contributed by atoms with Crippen molar-refractivity contribution in [1.82, 2.24) is 15.1 Å². The van der Waals surface area contributed by atoms with Gasteiger partial charge in [0.2, 0.25) is 0 Å². The number of halogens is 1. The molecule has 0 unspecified atom stereocenters. The quantitative estimate of drug-likeness (QED) is 0.834. The molecule has 3 rings (SSSR count). The molecule has 0 saturated carbocycles. The van der Waals surface area contributed by atoms with E-state index in [-0.39, 0.29) is 17.6 Å². The van der Waals surface area contributed by atoms with Gasteiger partial charge in [-0.2, -0.15) is 0 Å². The summed E-state index contributed by atoms with van der Waals surface area (Å²) in [6, 6.07) is 13.3. The highest BCUT2D eigenvalue weighted by molar-refractivity contribution is 5.97. The normalized spacial score (nSPS) is 14.7. The number of piperazine rings is 1. The van der Waals surface area contributed by atoms with Crippen molar-refractivity contribution in [3.05, 3.63) is 71.0 Å². The number of carbonyl (C=O) groups excluding carboxylic acids is 2. The van der Waals surface area contributed by atoms with E-state index in [4.69, 9.17) is 0 Å². The molecule has 2 aromatic rings. The number of nitrogens with one attached hydrogen (secondary N) is 1. The first-order valence-electron chi connectivity index (χ1n) is 9.71. The molecule has 2 aromatic carbocycles. The van der Waals surface area contributed by atoms with Crippen molar-refractivity contribution in [2.75, 3.05) is 39.3 Å². The van der Waals surface area contributed by atoms with Crippen molar-refractivity contribution in [2.24, 2.45) is 0 Å². The molecule has 0 aliphatic carbocycles. The lowest BCUT2D eigenvalue weighted by molar-refractivity contribution is 0.0643. The first kappa shape index (κ1) is 20.0. The molecule has 1 aliphatic rings. The summed E-state index contributed by atoms with van der Waals surface area (Å²) in [7, 11) is 0. The predicted octanol–water partition coefficient (Wildman–Crippen LogP) is 2.58. The number of benzene rings is 2. The summed E-state index contributed by atoms with van der Waals surface area (Å²) in [4.78, 5) is 29.0. The maximum absolute atomic E-state index is 13.6. The molecule has 0 bridgehead atoms. The highest BCUT2D eigenvalue weighted by Gasteiger charge is 2.21. The predicted molar refractivity (Wildman–Crippen MR) is 107 cm³/mol. The summed E-state index contributed by atoms with van der Waals surface area (Å²) in [6.45, 7) is 6.72. The van der Waals surface area contributed by atoms with Gasteiger partial charge < -0.3 is 15.1 Å². The van der Waals surface area contributed by atoms with Crippen LogP contribution in [0.5, 0.6) is 0 Å². The van der Waals surface area contributed by atoms with Crippen molar-refractivity contribution < 1.29 is 14.0 Å². The molecule has 2 amide bonds. The Bertz CT molecular complexity index is 815. The Labute approximate surface area is 165 Å². The second kappa shape index (κ2) is 9.46. The zero-order valence-corrected chi connectivity index (χ0v) is 16.2. The van der Waals surface area contributed by atoms with Crippen LogP contribution in [0.4, 0.5) is 4.39 Å². The van der Waals surface area contributed by atoms with E-state index in [9.17, 15) is 14.0 Å². The first-order valence-corrected chi connectivity index (χ1v) is 9.71. The van der Waals surface area contributed by atoms with Crippen LogP contribution in [0.1, 0.15) is 33.2 Å². The Morgan fingerprint density at radius 2 is 1.61 bits per heavy atom. The van der Waals surface area contributed by atoms with Crippen molar-refractivity contribution in [3.8, 4) is 0 Å². The molecule has 1 N–H and O–H groups in total. The van der Waals surface area contributed by atoms with Crippen LogP contribution < -0.4 is 5.32 Å². The largest absolute Gasteiger partial charge is 0.352 e. The molecule has 0 aromatic heterocycles. The lowest BCUT2D eigenvalue weighted by atomic mass is 10.1. The first-order chi connectivity index (χ1) is 13.6. The van der Waals surface area contributed by atoms with Crippen molar-refractivity contribution in [3.63, 3.8) is 0 Å². The Morgan fingerprint density at radius 3 is 2.25 bits per heavy atom. The molecule has 0 spiro atoms. The average molecular weight is 383 g/mol. The maximum Gasteiger partial charge on any atom is 0.253 e. The van der Waals surface area contributed by atoms with Gasteiger partial charge in [0, 0.05) is 43.9 Å². The van der Waals surface area contributed by atoms with Gasteiger partial charge in [0.05, 0.1) is 0 Å². The number of likely N-dealkylation sites (N-methyl/N-ethyl adjacent to an activating group) is 1. The van der Waals surface area contributed by atoms with Crippen LogP contribution in [0, 0.1) is 5.82 Å². The summed E-state index contributed by atoms with van der Waals surface area (Å²) < 4.78 is 13.6. The van der Waals surface area contributed by atoms with Crippen LogP contribution in [0.15, 0.2) is 48.5 Å². The zero-order valence-electron chi connectivity index (χ0n) is 16.2. The third-order valence-corrected chi connectivity index (χ3v) is 5.14. The Balaban J connectivity index is 1.51. The summed E-state index contributed by atoms with van der Waals surface area (Å²) in [5, 5.41) is 2.79. The minimum atomic E-state index is -0.264. The average Bonchev–Trinajstić information content (AvgIpc) is 2.74. The summed E-state index contributed by atoms with van der Waals surface area (Å²) in [5.74, 6) is -0.492. The van der Waals surface area contributed by atoms with Crippen molar-refractivity contribution >= 4 is 11.8 Å². The molecule has 1 fully saturated rings. The highest BCUT2D eigenvalue weighted by Crippen LogP contribution is 2.11. The Morgan fingerprint density at radius 1 is 0.964 bits per heavy atom. The number of hydrogen-bond donors (Lipinski definition) is 1. The lowest BCUT2D eigenvalue weighted by Crippen LogP contribution is -2.48. The standard InChI is InChI=1S/C22H26FN3O2/c1-2-25-13-15-26(16-14-25)22(28)19-9-7-18(8-10-19)21(27)24-12-11-17-5-3-4-6-20(17)23/h3-10H,2,11-16H2,1H3,(H,24,27). The van der Waals surface area contributed by atoms with Gasteiger partial charge in [-0.15, -0.1) is 0 Å². The van der Waals surface area contributed by atoms with E-state index in [1.54, 1.807) is 42.5 Å². The lowest BCUT2D eigenvalue weighted by Gasteiger charge is -2.34. The van der Waals surface area contributed by atoms with Crippen molar-refractivity contribution in [1.29, 1.82) is 0 Å². The number of carbonyl (C=O) groups is 2. The van der Waals surface area contributed by atoms with Crippen LogP contribution in [0.3, 0.4) is 0 Å². The molecule has 0 atom stereocenters. The van der Waals surface area contributed by atoms with Crippen LogP contribution in [0.2, 0.25) is 0 Å². The number of nitrogens with zero attached hydrogens (tertiary/aromatic N) is 2. The SMILES string of the molecule is CCN1CCN(C(=O)c2ccc(C(=O)NCCc3ccccc3F)cc2)CC1. The van der Waals surface area contributed by atoms with Gasteiger partial charge in [0.1, 0.15) is 5.82 Å². The fourth-order valence-corrected chi connectivity index (χ4v) is 3.33. The van der Waals surface area contributed by atoms with E-state index in [1.807, 2.05) is 4.90 Å². The van der Waals surface area contributed by atoms with E-state index in [1.165, 1.54) is 6.07 Å². The van der Waals surface area contributed by atoms with Crippen molar-refractivity contribution in [2.45, 2.75) is 13.3 Å². The monoisotopic (exact) mass is 383 g/mol. The molecule has 1 aliphatic heterocycles. The second-order valence-corrected chi connectivity index (χ2v) is 6.90. The minimum Gasteiger partial charge on any atom is -0.352 e. The smallest absolute Gasteiger partial charge is 0.253 e. The summed E-state index contributed by atoms with van der Waals surface area (Å²) in [6.07, 6.45) is 0.429. The Hall–Kier alpha value is -2.73. The molecule has 148 valence electrons.